The van der Waals surface area contributed by atoms with E-state index in [0.717, 1.165) is 18.7 Å². The zero-order chi connectivity index (χ0) is 15.2. The molecule has 0 unspecified atom stereocenters. The van der Waals surface area contributed by atoms with E-state index >= 15 is 0 Å². The summed E-state index contributed by atoms with van der Waals surface area (Å²) >= 11 is 0. The van der Waals surface area contributed by atoms with Gasteiger partial charge in [-0.15, -0.1) is 0 Å². The number of hydrogen-bond donors (Lipinski definition) is 1. The van der Waals surface area contributed by atoms with E-state index in [2.05, 4.69) is 4.90 Å². The number of rotatable bonds is 8. The maximum absolute atomic E-state index is 11.9. The van der Waals surface area contributed by atoms with E-state index in [0.29, 0.717) is 13.1 Å². The summed E-state index contributed by atoms with van der Waals surface area (Å²) in [5, 5.41) is -0.322. The molecule has 0 amide bonds. The first-order valence-electron chi connectivity index (χ1n) is 7.10. The lowest BCUT2D eigenvalue weighted by Crippen LogP contribution is -2.33. The molecule has 20 heavy (non-hydrogen) atoms. The number of aryl methyl sites for hydroxylation is 1. The van der Waals surface area contributed by atoms with Crippen molar-refractivity contribution >= 4 is 15.5 Å². The molecule has 0 heterocycles. The number of benzene rings is 1. The normalized spacial score (nSPS) is 11.8. The molecular formula is C15H26N2O2S. The Morgan fingerprint density at radius 2 is 1.75 bits per heavy atom. The molecule has 0 saturated carbocycles. The van der Waals surface area contributed by atoms with Gasteiger partial charge in [-0.1, -0.05) is 17.7 Å². The molecule has 1 rings (SSSR count). The van der Waals surface area contributed by atoms with Crippen LogP contribution in [0.4, 0.5) is 5.69 Å². The van der Waals surface area contributed by atoms with Crippen LogP contribution >= 0.6 is 0 Å². The summed E-state index contributed by atoms with van der Waals surface area (Å²) < 4.78 is 23.9. The molecule has 2 N–H and O–H groups in total. The smallest absolute Gasteiger partial charge is 0.154 e. The van der Waals surface area contributed by atoms with Crippen LogP contribution in [-0.2, 0) is 9.84 Å². The molecule has 0 bridgehead atoms. The van der Waals surface area contributed by atoms with Gasteiger partial charge < -0.3 is 10.6 Å². The highest BCUT2D eigenvalue weighted by atomic mass is 32.2. The molecule has 0 spiro atoms. The fourth-order valence-corrected chi connectivity index (χ4v) is 2.83. The van der Waals surface area contributed by atoms with Gasteiger partial charge in [0, 0.05) is 18.8 Å². The monoisotopic (exact) mass is 298 g/mol. The second-order valence-corrected chi connectivity index (χ2v) is 8.06. The largest absolute Gasteiger partial charge is 0.370 e. The van der Waals surface area contributed by atoms with E-state index < -0.39 is 9.84 Å². The lowest BCUT2D eigenvalue weighted by molar-refractivity contribution is 0.585. The van der Waals surface area contributed by atoms with Gasteiger partial charge in [0.1, 0.15) is 0 Å². The van der Waals surface area contributed by atoms with Crippen molar-refractivity contribution in [3.8, 4) is 0 Å². The topological polar surface area (TPSA) is 63.4 Å². The van der Waals surface area contributed by atoms with E-state index in [-0.39, 0.29) is 11.0 Å². The Morgan fingerprint density at radius 1 is 1.15 bits per heavy atom. The van der Waals surface area contributed by atoms with Crippen molar-refractivity contribution in [1.29, 1.82) is 0 Å². The Bertz CT molecular complexity index is 495. The SMILES string of the molecule is Cc1ccc(N(CCCN)CCS(=O)(=O)C(C)C)cc1. The highest BCUT2D eigenvalue weighted by Crippen LogP contribution is 2.16. The van der Waals surface area contributed by atoms with Crippen LogP contribution in [0.3, 0.4) is 0 Å². The van der Waals surface area contributed by atoms with E-state index in [1.807, 2.05) is 31.2 Å². The summed E-state index contributed by atoms with van der Waals surface area (Å²) in [5.41, 5.74) is 7.82. The first kappa shape index (κ1) is 17.0. The van der Waals surface area contributed by atoms with Crippen LogP contribution in [0.15, 0.2) is 24.3 Å². The highest BCUT2D eigenvalue weighted by Gasteiger charge is 2.17. The average Bonchev–Trinajstić information content (AvgIpc) is 2.40. The lowest BCUT2D eigenvalue weighted by atomic mass is 10.2. The first-order chi connectivity index (χ1) is 9.36. The van der Waals surface area contributed by atoms with Crippen molar-refractivity contribution in [3.63, 3.8) is 0 Å². The van der Waals surface area contributed by atoms with E-state index in [9.17, 15) is 8.42 Å². The fourth-order valence-electron chi connectivity index (χ4n) is 1.88. The molecule has 1 aromatic carbocycles. The number of hydrogen-bond acceptors (Lipinski definition) is 4. The maximum Gasteiger partial charge on any atom is 0.154 e. The zero-order valence-electron chi connectivity index (χ0n) is 12.7. The van der Waals surface area contributed by atoms with E-state index in [4.69, 9.17) is 5.73 Å². The molecule has 1 aromatic rings. The molecule has 0 radical (unpaired) electrons. The summed E-state index contributed by atoms with van der Waals surface area (Å²) in [6.45, 7) is 7.41. The van der Waals surface area contributed by atoms with Crippen LogP contribution < -0.4 is 10.6 Å². The molecule has 0 fully saturated rings. The van der Waals surface area contributed by atoms with Gasteiger partial charge in [-0.3, -0.25) is 0 Å². The minimum atomic E-state index is -3.01. The first-order valence-corrected chi connectivity index (χ1v) is 8.81. The van der Waals surface area contributed by atoms with Crippen LogP contribution in [0.25, 0.3) is 0 Å². The Hall–Kier alpha value is -1.07. The second-order valence-electron chi connectivity index (χ2n) is 5.38. The van der Waals surface area contributed by atoms with Gasteiger partial charge in [-0.25, -0.2) is 8.42 Å². The Balaban J connectivity index is 2.77. The molecule has 0 aliphatic carbocycles. The summed E-state index contributed by atoms with van der Waals surface area (Å²) in [5.74, 6) is 0.184. The van der Waals surface area contributed by atoms with Gasteiger partial charge in [0.25, 0.3) is 0 Å². The second kappa shape index (κ2) is 7.64. The predicted octanol–water partition coefficient (Wildman–Crippen LogP) is 1.97. The molecular weight excluding hydrogens is 272 g/mol. The molecule has 0 saturated heterocycles. The van der Waals surface area contributed by atoms with Crippen molar-refractivity contribution in [2.75, 3.05) is 30.3 Å². The average molecular weight is 298 g/mol. The minimum Gasteiger partial charge on any atom is -0.370 e. The molecule has 4 nitrogen and oxygen atoms in total. The van der Waals surface area contributed by atoms with Gasteiger partial charge >= 0.3 is 0 Å². The minimum absolute atomic E-state index is 0.184. The molecule has 5 heteroatoms. The number of anilines is 1. The summed E-state index contributed by atoms with van der Waals surface area (Å²) in [4.78, 5) is 2.10. The third kappa shape index (κ3) is 5.13. The van der Waals surface area contributed by atoms with Crippen molar-refractivity contribution in [2.45, 2.75) is 32.4 Å². The quantitative estimate of drug-likeness (QED) is 0.797. The van der Waals surface area contributed by atoms with Gasteiger partial charge in [-0.05, 0) is 45.9 Å². The molecule has 114 valence electrons. The van der Waals surface area contributed by atoms with Crippen molar-refractivity contribution in [1.82, 2.24) is 0 Å². The van der Waals surface area contributed by atoms with Crippen LogP contribution in [0.2, 0.25) is 0 Å². The summed E-state index contributed by atoms with van der Waals surface area (Å²) in [7, 11) is -3.01. The molecule has 0 aliphatic rings. The maximum atomic E-state index is 11.9. The van der Waals surface area contributed by atoms with Crippen molar-refractivity contribution < 1.29 is 8.42 Å². The molecule has 0 atom stereocenters. The summed E-state index contributed by atoms with van der Waals surface area (Å²) in [6, 6.07) is 8.16. The summed E-state index contributed by atoms with van der Waals surface area (Å²) in [6.07, 6.45) is 0.857. The van der Waals surface area contributed by atoms with Crippen molar-refractivity contribution in [2.24, 2.45) is 5.73 Å². The van der Waals surface area contributed by atoms with Gasteiger partial charge in [0.15, 0.2) is 9.84 Å². The van der Waals surface area contributed by atoms with Gasteiger partial charge in [0.2, 0.25) is 0 Å². The Morgan fingerprint density at radius 3 is 2.25 bits per heavy atom. The zero-order valence-corrected chi connectivity index (χ0v) is 13.5. The van der Waals surface area contributed by atoms with Gasteiger partial charge in [0.05, 0.1) is 11.0 Å². The molecule has 0 aliphatic heterocycles. The fraction of sp³-hybridized carbons (Fsp3) is 0.600. The number of nitrogens with zero attached hydrogens (tertiary/aromatic N) is 1. The van der Waals surface area contributed by atoms with Crippen molar-refractivity contribution in [3.05, 3.63) is 29.8 Å². The molecule has 0 aromatic heterocycles. The van der Waals surface area contributed by atoms with Gasteiger partial charge in [-0.2, -0.15) is 0 Å². The van der Waals surface area contributed by atoms with Crippen LogP contribution in [-0.4, -0.2) is 39.1 Å². The lowest BCUT2D eigenvalue weighted by Gasteiger charge is -2.25. The van der Waals surface area contributed by atoms with Crippen LogP contribution in [0, 0.1) is 6.92 Å². The third-order valence-corrected chi connectivity index (χ3v) is 5.58. The number of nitrogens with two attached hydrogens (primary N) is 1. The number of sulfone groups is 1. The van der Waals surface area contributed by atoms with E-state index in [1.54, 1.807) is 13.8 Å². The predicted molar refractivity (Wildman–Crippen MR) is 86.0 cm³/mol. The van der Waals surface area contributed by atoms with Crippen LogP contribution in [0.1, 0.15) is 25.8 Å². The Kier molecular flexibility index (Phi) is 6.49. The standard InChI is InChI=1S/C15H26N2O2S/c1-13(2)20(18,19)12-11-17(10-4-9-16)15-7-5-14(3)6-8-15/h5-8,13H,4,9-12,16H2,1-3H3. The Labute approximate surface area is 122 Å². The third-order valence-electron chi connectivity index (χ3n) is 3.40. The van der Waals surface area contributed by atoms with Crippen LogP contribution in [0.5, 0.6) is 0 Å². The highest BCUT2D eigenvalue weighted by molar-refractivity contribution is 7.92. The van der Waals surface area contributed by atoms with E-state index in [1.165, 1.54) is 5.56 Å².